The van der Waals surface area contributed by atoms with E-state index in [0.29, 0.717) is 35.2 Å². The number of carboxylic acids is 1. The predicted octanol–water partition coefficient (Wildman–Crippen LogP) is 7.17. The second-order valence-corrected chi connectivity index (χ2v) is 16.4. The van der Waals surface area contributed by atoms with E-state index in [2.05, 4.69) is 20.5 Å². The van der Waals surface area contributed by atoms with E-state index in [1.54, 1.807) is 18.8 Å². The van der Waals surface area contributed by atoms with Gasteiger partial charge in [-0.05, 0) is 77.8 Å². The van der Waals surface area contributed by atoms with E-state index in [0.717, 1.165) is 59.0 Å². The molecule has 4 aromatic rings. The molecule has 1 amide bonds. The summed E-state index contributed by atoms with van der Waals surface area (Å²) in [6.07, 6.45) is 9.10. The summed E-state index contributed by atoms with van der Waals surface area (Å²) in [5.74, 6) is 0.0581. The van der Waals surface area contributed by atoms with Gasteiger partial charge < -0.3 is 14.4 Å². The molecule has 10 nitrogen and oxygen atoms in total. The average molecular weight is 645 g/mol. The fourth-order valence-corrected chi connectivity index (χ4v) is 10.1. The Hall–Kier alpha value is -4.19. The van der Waals surface area contributed by atoms with Gasteiger partial charge in [0.2, 0.25) is 0 Å². The average Bonchev–Trinajstić information content (AvgIpc) is 3.43. The molecule has 0 atom stereocenters. The van der Waals surface area contributed by atoms with Gasteiger partial charge in [0.05, 0.1) is 31.2 Å². The normalized spacial score (nSPS) is 19.2. The maximum atomic E-state index is 13.7. The fraction of sp³-hybridized carbons (Fsp3) is 0.371. The number of aryl methyl sites for hydroxylation is 1. The summed E-state index contributed by atoms with van der Waals surface area (Å²) >= 11 is 0. The zero-order valence-electron chi connectivity index (χ0n) is 26.6. The van der Waals surface area contributed by atoms with Gasteiger partial charge in [-0.2, -0.15) is 5.10 Å². The Bertz CT molecular complexity index is 2030. The van der Waals surface area contributed by atoms with Crippen LogP contribution >= 0.6 is 9.50 Å². The molecular formula is C35H40N4O6S. The van der Waals surface area contributed by atoms with Crippen LogP contribution in [0.25, 0.3) is 33.8 Å². The van der Waals surface area contributed by atoms with Crippen molar-refractivity contribution in [1.82, 2.24) is 19.1 Å². The first-order valence-electron chi connectivity index (χ1n) is 15.8. The van der Waals surface area contributed by atoms with Crippen molar-refractivity contribution in [3.05, 3.63) is 70.5 Å². The third-order valence-corrected chi connectivity index (χ3v) is 12.2. The van der Waals surface area contributed by atoms with Crippen molar-refractivity contribution in [2.24, 2.45) is 13.0 Å². The predicted molar refractivity (Wildman–Crippen MR) is 182 cm³/mol. The van der Waals surface area contributed by atoms with Crippen LogP contribution in [-0.4, -0.2) is 54.3 Å². The Morgan fingerprint density at radius 2 is 1.89 bits per heavy atom. The van der Waals surface area contributed by atoms with E-state index in [9.17, 15) is 19.2 Å². The largest absolute Gasteiger partial charge is 0.497 e. The summed E-state index contributed by atoms with van der Waals surface area (Å²) < 4.78 is 29.1. The van der Waals surface area contributed by atoms with E-state index in [-0.39, 0.29) is 11.5 Å². The minimum atomic E-state index is -3.54. The van der Waals surface area contributed by atoms with Crippen molar-refractivity contribution in [2.75, 3.05) is 12.9 Å². The molecule has 242 valence electrons. The molecule has 7 rings (SSSR count). The van der Waals surface area contributed by atoms with Gasteiger partial charge in [0.15, 0.2) is 5.55 Å². The number of allylic oxidation sites excluding steroid dienone is 1. The standard InChI is InChI=1S/C35H40N4O6S/c1-21(2)19-46(43,20-45-46)37-34(40)23-10-12-28-30(16-23)39-18-25(32-29(35(41)42)17-36-38(32)3)14-24-15-26(44-4)11-13-27(24)33(39)31(28)22-8-6-5-7-9-22/h10-17,20-22,43H,5-9,18-19H2,1-4H3,(H,37,40)(H,41,42). The smallest absolute Gasteiger partial charge is 0.339 e. The van der Waals surface area contributed by atoms with Crippen LogP contribution in [0.2, 0.25) is 0 Å². The molecule has 3 N–H and O–H groups in total. The molecule has 11 heteroatoms. The van der Waals surface area contributed by atoms with Crippen molar-refractivity contribution in [3.8, 4) is 17.0 Å². The lowest BCUT2D eigenvalue weighted by atomic mass is 9.81. The fourth-order valence-electron chi connectivity index (χ4n) is 7.44. The van der Waals surface area contributed by atoms with Crippen LogP contribution in [0.3, 0.4) is 0 Å². The zero-order valence-corrected chi connectivity index (χ0v) is 27.4. The highest BCUT2D eigenvalue weighted by atomic mass is 32.3. The Kier molecular flexibility index (Phi) is 7.26. The van der Waals surface area contributed by atoms with E-state index >= 15 is 0 Å². The molecule has 1 aliphatic carbocycles. The van der Waals surface area contributed by atoms with Crippen LogP contribution in [0.1, 0.15) is 89.4 Å². The maximum absolute atomic E-state index is 13.7. The number of hydrogen-bond acceptors (Lipinski definition) is 6. The van der Waals surface area contributed by atoms with E-state index < -0.39 is 21.4 Å². The number of methoxy groups -OCH3 is 1. The Balaban J connectivity index is 1.46. The molecule has 0 spiro atoms. The number of benzene rings is 2. The molecule has 46 heavy (non-hydrogen) atoms. The summed E-state index contributed by atoms with van der Waals surface area (Å²) in [5.41, 5.74) is 8.38. The number of hydrogen-bond donors (Lipinski definition) is 3. The Labute approximate surface area is 268 Å². The summed E-state index contributed by atoms with van der Waals surface area (Å²) in [7, 11) is -0.147. The van der Waals surface area contributed by atoms with Gasteiger partial charge in [0, 0.05) is 34.8 Å². The minimum absolute atomic E-state index is 0.124. The first kappa shape index (κ1) is 30.5. The SMILES string of the molecule is COc1ccc2c(c1)C=C(c1c(C(=O)O)cnn1C)Cn1c-2c(C2CCCCC2)c2ccc(C(=O)NS3(O)(CC(C)C)=CO3)cc21. The van der Waals surface area contributed by atoms with Gasteiger partial charge >= 0.3 is 5.97 Å². The van der Waals surface area contributed by atoms with Crippen LogP contribution < -0.4 is 9.46 Å². The number of fused-ring (bicyclic) bond motifs is 5. The second-order valence-electron chi connectivity index (χ2n) is 13.2. The molecule has 1 saturated carbocycles. The first-order valence-corrected chi connectivity index (χ1v) is 18.0. The Morgan fingerprint density at radius 3 is 2.57 bits per heavy atom. The number of aromatic nitrogens is 3. The second kappa shape index (κ2) is 11.0. The number of carbonyl (C=O) groups is 2. The van der Waals surface area contributed by atoms with Crippen LogP contribution in [0.5, 0.6) is 5.75 Å². The molecule has 3 aliphatic rings. The maximum Gasteiger partial charge on any atom is 0.339 e. The van der Waals surface area contributed by atoms with E-state index in [4.69, 9.17) is 8.92 Å². The summed E-state index contributed by atoms with van der Waals surface area (Å²) in [6, 6.07) is 11.8. The van der Waals surface area contributed by atoms with Crippen LogP contribution in [0.15, 0.2) is 42.6 Å². The highest BCUT2D eigenvalue weighted by Crippen LogP contribution is 2.62. The van der Waals surface area contributed by atoms with E-state index in [1.807, 2.05) is 50.3 Å². The third-order valence-electron chi connectivity index (χ3n) is 9.41. The minimum Gasteiger partial charge on any atom is -0.497 e. The molecule has 2 aromatic heterocycles. The number of amides is 1. The molecule has 0 unspecified atom stereocenters. The lowest BCUT2D eigenvalue weighted by Crippen LogP contribution is -2.30. The van der Waals surface area contributed by atoms with Crippen molar-refractivity contribution >= 4 is 49.5 Å². The number of aromatic carboxylic acids is 1. The topological polar surface area (TPSA) is 131 Å². The van der Waals surface area contributed by atoms with Crippen LogP contribution in [-0.2, 0) is 17.8 Å². The monoisotopic (exact) mass is 644 g/mol. The van der Waals surface area contributed by atoms with Gasteiger partial charge in [-0.1, -0.05) is 39.2 Å². The molecular weight excluding hydrogens is 604 g/mol. The van der Waals surface area contributed by atoms with Crippen molar-refractivity contribution in [1.29, 1.82) is 0 Å². The van der Waals surface area contributed by atoms with Gasteiger partial charge in [-0.3, -0.25) is 18.8 Å². The molecule has 2 aromatic carbocycles. The first-order chi connectivity index (χ1) is 22.0. The summed E-state index contributed by atoms with van der Waals surface area (Å²) in [5, 5.41) is 15.5. The van der Waals surface area contributed by atoms with Crippen molar-refractivity contribution < 1.29 is 28.2 Å². The number of nitrogens with one attached hydrogen (secondary N) is 1. The Morgan fingerprint density at radius 1 is 1.13 bits per heavy atom. The van der Waals surface area contributed by atoms with Gasteiger partial charge in [0.25, 0.3) is 5.91 Å². The number of carboxylic acid groups (broad SMARTS) is 1. The highest BCUT2D eigenvalue weighted by Gasteiger charge is 2.39. The molecule has 0 radical (unpaired) electrons. The number of carbonyl (C=O) groups excluding carboxylic acids is 1. The summed E-state index contributed by atoms with van der Waals surface area (Å²) in [4.78, 5) is 26.0. The number of nitrogens with zero attached hydrogens (tertiary/aromatic N) is 3. The molecule has 0 saturated heterocycles. The van der Waals surface area contributed by atoms with Gasteiger partial charge in [-0.15, -0.1) is 9.50 Å². The van der Waals surface area contributed by atoms with E-state index in [1.165, 1.54) is 23.7 Å². The van der Waals surface area contributed by atoms with Crippen molar-refractivity contribution in [3.63, 3.8) is 0 Å². The molecule has 0 bridgehead atoms. The van der Waals surface area contributed by atoms with Gasteiger partial charge in [-0.25, -0.2) is 8.98 Å². The van der Waals surface area contributed by atoms with Crippen LogP contribution in [0.4, 0.5) is 0 Å². The summed E-state index contributed by atoms with van der Waals surface area (Å²) in [6.45, 7) is 4.32. The molecule has 2 aliphatic heterocycles. The van der Waals surface area contributed by atoms with Crippen LogP contribution in [0, 0.1) is 5.92 Å². The number of ether oxygens (including phenoxy) is 1. The molecule has 4 heterocycles. The lowest BCUT2D eigenvalue weighted by molar-refractivity contribution is 0.0696. The third kappa shape index (κ3) is 5.16. The molecule has 1 fully saturated rings. The van der Waals surface area contributed by atoms with Gasteiger partial charge in [0.1, 0.15) is 11.3 Å². The quantitative estimate of drug-likeness (QED) is 0.173. The highest BCUT2D eigenvalue weighted by molar-refractivity contribution is 8.43. The lowest BCUT2D eigenvalue weighted by Gasteiger charge is -2.36. The zero-order chi connectivity index (χ0) is 32.4. The van der Waals surface area contributed by atoms with Crippen molar-refractivity contribution in [2.45, 2.75) is 58.4 Å². The number of rotatable bonds is 8.